The van der Waals surface area contributed by atoms with Crippen LogP contribution in [0.25, 0.3) is 0 Å². The third kappa shape index (κ3) is 3.53. The van der Waals surface area contributed by atoms with Gasteiger partial charge in [-0.25, -0.2) is 0 Å². The molecule has 3 rings (SSSR count). The van der Waals surface area contributed by atoms with Crippen LogP contribution in [0.5, 0.6) is 0 Å². The molecule has 0 spiro atoms. The van der Waals surface area contributed by atoms with Crippen molar-refractivity contribution in [3.63, 3.8) is 0 Å². The lowest BCUT2D eigenvalue weighted by Gasteiger charge is -2.33. The summed E-state index contributed by atoms with van der Waals surface area (Å²) in [5.41, 5.74) is 1.11. The zero-order valence-corrected chi connectivity index (χ0v) is 13.4. The number of hydrogen-bond acceptors (Lipinski definition) is 2. The van der Waals surface area contributed by atoms with Gasteiger partial charge in [-0.2, -0.15) is 0 Å². The Morgan fingerprint density at radius 2 is 2.10 bits per heavy atom. The van der Waals surface area contributed by atoms with E-state index >= 15 is 0 Å². The van der Waals surface area contributed by atoms with Crippen LogP contribution in [-0.4, -0.2) is 28.1 Å². The zero-order chi connectivity index (χ0) is 14.1. The summed E-state index contributed by atoms with van der Waals surface area (Å²) in [4.78, 5) is 13.7. The Morgan fingerprint density at radius 3 is 2.81 bits per heavy atom. The highest BCUT2D eigenvalue weighted by Gasteiger charge is 2.44. The van der Waals surface area contributed by atoms with Gasteiger partial charge < -0.3 is 5.11 Å². The predicted molar refractivity (Wildman–Crippen MR) is 86.0 cm³/mol. The monoisotopic (exact) mass is 329 g/mol. The van der Waals surface area contributed by atoms with Crippen LogP contribution in [0.4, 0.5) is 0 Å². The van der Waals surface area contributed by atoms with Crippen molar-refractivity contribution in [1.29, 1.82) is 0 Å². The first-order chi connectivity index (χ1) is 9.65. The first kappa shape index (κ1) is 16.6. The summed E-state index contributed by atoms with van der Waals surface area (Å²) in [5.74, 6) is -0.120. The van der Waals surface area contributed by atoms with Crippen LogP contribution in [0.15, 0.2) is 24.3 Å². The molecule has 1 aromatic rings. The quantitative estimate of drug-likeness (QED) is 0.911. The van der Waals surface area contributed by atoms with E-state index < -0.39 is 5.97 Å². The van der Waals surface area contributed by atoms with Crippen molar-refractivity contribution in [2.45, 2.75) is 50.7 Å². The van der Waals surface area contributed by atoms with Crippen LogP contribution in [-0.2, 0) is 11.3 Å². The average Bonchev–Trinajstić information content (AvgIpc) is 2.78. The number of rotatable bonds is 3. The fourth-order valence-corrected chi connectivity index (χ4v) is 4.08. The third-order valence-corrected chi connectivity index (χ3v) is 5.00. The summed E-state index contributed by atoms with van der Waals surface area (Å²) in [6, 6.07) is 7.86. The molecule has 2 aliphatic rings. The van der Waals surface area contributed by atoms with E-state index in [0.717, 1.165) is 18.4 Å². The Hall–Kier alpha value is -0.770. The highest BCUT2D eigenvalue weighted by atomic mass is 35.5. The van der Waals surface area contributed by atoms with E-state index in [2.05, 4.69) is 4.90 Å². The van der Waals surface area contributed by atoms with Gasteiger partial charge >= 0.3 is 5.97 Å². The number of halogens is 2. The summed E-state index contributed by atoms with van der Waals surface area (Å²) < 4.78 is 0. The number of carbonyl (C=O) groups is 1. The maximum absolute atomic E-state index is 11.5. The topological polar surface area (TPSA) is 40.5 Å². The zero-order valence-electron chi connectivity index (χ0n) is 11.9. The van der Waals surface area contributed by atoms with E-state index in [-0.39, 0.29) is 18.4 Å². The van der Waals surface area contributed by atoms with Gasteiger partial charge in [0.15, 0.2) is 0 Å². The summed E-state index contributed by atoms with van der Waals surface area (Å²) in [6.07, 6.45) is 5.59. The summed E-state index contributed by atoms with van der Waals surface area (Å²) in [6.45, 7) is 0.693. The van der Waals surface area contributed by atoms with E-state index in [1.165, 1.54) is 19.3 Å². The van der Waals surface area contributed by atoms with E-state index in [1.54, 1.807) is 0 Å². The number of fused-ring (bicyclic) bond motifs is 1. The highest BCUT2D eigenvalue weighted by molar-refractivity contribution is 6.30. The van der Waals surface area contributed by atoms with Gasteiger partial charge in [0.05, 0.1) is 0 Å². The number of aliphatic carboxylic acids is 1. The molecule has 5 heteroatoms. The Morgan fingerprint density at radius 1 is 1.33 bits per heavy atom. The second-order valence-corrected chi connectivity index (χ2v) is 6.44. The normalized spacial score (nSPS) is 28.7. The van der Waals surface area contributed by atoms with Gasteiger partial charge in [0.25, 0.3) is 0 Å². The molecule has 1 saturated carbocycles. The molecule has 116 valence electrons. The lowest BCUT2D eigenvalue weighted by Crippen LogP contribution is -2.41. The Balaban J connectivity index is 0.00000161. The SMILES string of the molecule is Cl.O=C(O)C1CC2CCCCC2N1Cc1cccc(Cl)c1. The molecule has 3 nitrogen and oxygen atoms in total. The van der Waals surface area contributed by atoms with Crippen molar-refractivity contribution in [2.75, 3.05) is 0 Å². The van der Waals surface area contributed by atoms with Gasteiger partial charge in [0.2, 0.25) is 0 Å². The molecule has 1 heterocycles. The molecular formula is C16H21Cl2NO2. The van der Waals surface area contributed by atoms with Crippen molar-refractivity contribution in [3.05, 3.63) is 34.9 Å². The fourth-order valence-electron chi connectivity index (χ4n) is 3.87. The smallest absolute Gasteiger partial charge is 0.320 e. The standard InChI is InChI=1S/C16H20ClNO2.ClH/c17-13-6-3-4-11(8-13)10-18-14-7-2-1-5-12(14)9-15(18)16(19)20;/h3-4,6,8,12,14-15H,1-2,5,7,9-10H2,(H,19,20);1H. The summed E-state index contributed by atoms with van der Waals surface area (Å²) in [7, 11) is 0. The Labute approximate surface area is 136 Å². The van der Waals surface area contributed by atoms with Crippen molar-refractivity contribution < 1.29 is 9.90 Å². The van der Waals surface area contributed by atoms with Crippen LogP contribution in [0.2, 0.25) is 5.02 Å². The van der Waals surface area contributed by atoms with E-state index in [9.17, 15) is 9.90 Å². The first-order valence-corrected chi connectivity index (χ1v) is 7.76. The molecule has 0 bridgehead atoms. The van der Waals surface area contributed by atoms with Gasteiger partial charge in [0.1, 0.15) is 6.04 Å². The van der Waals surface area contributed by atoms with Gasteiger partial charge in [-0.15, -0.1) is 12.4 Å². The van der Waals surface area contributed by atoms with Crippen molar-refractivity contribution in [3.8, 4) is 0 Å². The van der Waals surface area contributed by atoms with Crippen LogP contribution in [0.3, 0.4) is 0 Å². The number of benzene rings is 1. The maximum Gasteiger partial charge on any atom is 0.320 e. The highest BCUT2D eigenvalue weighted by Crippen LogP contribution is 2.40. The van der Waals surface area contributed by atoms with E-state index in [1.807, 2.05) is 24.3 Å². The van der Waals surface area contributed by atoms with E-state index in [4.69, 9.17) is 11.6 Å². The summed E-state index contributed by atoms with van der Waals surface area (Å²) >= 11 is 6.03. The third-order valence-electron chi connectivity index (χ3n) is 4.76. The number of carboxylic acids is 1. The average molecular weight is 330 g/mol. The number of hydrogen-bond donors (Lipinski definition) is 1. The Bertz CT molecular complexity index is 509. The van der Waals surface area contributed by atoms with Gasteiger partial charge in [-0.05, 0) is 42.9 Å². The molecule has 1 aliphatic carbocycles. The second-order valence-electron chi connectivity index (χ2n) is 6.00. The van der Waals surface area contributed by atoms with Gasteiger partial charge in [-0.1, -0.05) is 36.6 Å². The largest absolute Gasteiger partial charge is 0.480 e. The molecule has 2 fully saturated rings. The maximum atomic E-state index is 11.5. The van der Waals surface area contributed by atoms with Crippen LogP contribution < -0.4 is 0 Å². The molecule has 1 aromatic carbocycles. The lowest BCUT2D eigenvalue weighted by molar-refractivity contribution is -0.142. The number of likely N-dealkylation sites (tertiary alicyclic amines) is 1. The minimum Gasteiger partial charge on any atom is -0.480 e. The minimum atomic E-state index is -0.679. The van der Waals surface area contributed by atoms with Crippen molar-refractivity contribution >= 4 is 30.0 Å². The predicted octanol–water partition coefficient (Wildman–Crippen LogP) is 3.98. The number of nitrogens with zero attached hydrogens (tertiary/aromatic N) is 1. The van der Waals surface area contributed by atoms with Crippen LogP contribution in [0, 0.1) is 5.92 Å². The molecule has 1 saturated heterocycles. The molecule has 3 unspecified atom stereocenters. The molecular weight excluding hydrogens is 309 g/mol. The van der Waals surface area contributed by atoms with Crippen molar-refractivity contribution in [1.82, 2.24) is 4.90 Å². The lowest BCUT2D eigenvalue weighted by atomic mass is 9.84. The minimum absolute atomic E-state index is 0. The van der Waals surface area contributed by atoms with E-state index in [0.29, 0.717) is 23.5 Å². The fraction of sp³-hybridized carbons (Fsp3) is 0.562. The first-order valence-electron chi connectivity index (χ1n) is 7.38. The molecule has 0 radical (unpaired) electrons. The molecule has 0 amide bonds. The van der Waals surface area contributed by atoms with Crippen LogP contribution >= 0.6 is 24.0 Å². The summed E-state index contributed by atoms with van der Waals surface area (Å²) in [5, 5.41) is 10.2. The van der Waals surface area contributed by atoms with Crippen LogP contribution in [0.1, 0.15) is 37.7 Å². The second kappa shape index (κ2) is 6.99. The molecule has 1 aliphatic heterocycles. The number of carboxylic acid groups (broad SMARTS) is 1. The van der Waals surface area contributed by atoms with Gasteiger partial charge in [0, 0.05) is 17.6 Å². The Kier molecular flexibility index (Phi) is 5.53. The molecule has 0 aromatic heterocycles. The van der Waals surface area contributed by atoms with Gasteiger partial charge in [-0.3, -0.25) is 9.69 Å². The molecule has 21 heavy (non-hydrogen) atoms. The molecule has 3 atom stereocenters. The van der Waals surface area contributed by atoms with Crippen molar-refractivity contribution in [2.24, 2.45) is 5.92 Å². The molecule has 1 N–H and O–H groups in total.